The number of aliphatic hydroxyl groups is 1. The molecule has 2 N–H and O–H groups in total. The van der Waals surface area contributed by atoms with Gasteiger partial charge in [0.15, 0.2) is 5.13 Å². The van der Waals surface area contributed by atoms with E-state index in [-0.39, 0.29) is 18.6 Å². The molecular weight excluding hydrogens is 286 g/mol. The van der Waals surface area contributed by atoms with Crippen LogP contribution in [0.2, 0.25) is 0 Å². The normalized spacial score (nSPS) is 12.5. The van der Waals surface area contributed by atoms with E-state index in [1.54, 1.807) is 13.0 Å². The van der Waals surface area contributed by atoms with Crippen LogP contribution in [0.4, 0.5) is 0 Å². The van der Waals surface area contributed by atoms with Crippen molar-refractivity contribution in [3.8, 4) is 5.13 Å². The van der Waals surface area contributed by atoms with Crippen LogP contribution in [0.15, 0.2) is 42.7 Å². The van der Waals surface area contributed by atoms with Crippen molar-refractivity contribution in [2.24, 2.45) is 0 Å². The number of benzene rings is 1. The van der Waals surface area contributed by atoms with Crippen molar-refractivity contribution < 1.29 is 9.90 Å². The second-order valence-corrected chi connectivity index (χ2v) is 5.84. The number of hydrogen-bond donors (Lipinski definition) is 2. The Balaban J connectivity index is 1.91. The van der Waals surface area contributed by atoms with Crippen molar-refractivity contribution in [2.45, 2.75) is 13.0 Å². The lowest BCUT2D eigenvalue weighted by Crippen LogP contribution is -2.34. The zero-order valence-corrected chi connectivity index (χ0v) is 12.3. The van der Waals surface area contributed by atoms with E-state index in [4.69, 9.17) is 5.11 Å². The Morgan fingerprint density at radius 2 is 2.19 bits per heavy atom. The molecule has 1 atom stereocenters. The van der Waals surface area contributed by atoms with Gasteiger partial charge in [-0.15, -0.1) is 0 Å². The third kappa shape index (κ3) is 2.81. The number of amides is 1. The maximum Gasteiger partial charge on any atom is 0.251 e. The van der Waals surface area contributed by atoms with Crippen molar-refractivity contribution in [3.05, 3.63) is 48.3 Å². The predicted octanol–water partition coefficient (Wildman–Crippen LogP) is 2.20. The maximum atomic E-state index is 12.0. The molecule has 0 aliphatic rings. The molecular formula is C15H15N3O2S. The second kappa shape index (κ2) is 5.67. The van der Waals surface area contributed by atoms with E-state index in [1.165, 1.54) is 11.3 Å². The molecule has 0 saturated carbocycles. The van der Waals surface area contributed by atoms with Gasteiger partial charge >= 0.3 is 0 Å². The summed E-state index contributed by atoms with van der Waals surface area (Å²) in [5.74, 6) is -0.186. The standard InChI is InChI=1S/C15H15N3O2S/c1-10(9-19)16-14(20)11-4-5-12-13(8-11)21-15(17-12)18-6-2-3-7-18/h2-8,10,19H,9H2,1H3,(H,16,20). The Morgan fingerprint density at radius 3 is 2.90 bits per heavy atom. The highest BCUT2D eigenvalue weighted by molar-refractivity contribution is 7.20. The van der Waals surface area contributed by atoms with Gasteiger partial charge in [-0.05, 0) is 37.3 Å². The highest BCUT2D eigenvalue weighted by Crippen LogP contribution is 2.26. The van der Waals surface area contributed by atoms with Crippen molar-refractivity contribution >= 4 is 27.5 Å². The molecule has 0 radical (unpaired) electrons. The van der Waals surface area contributed by atoms with Crippen molar-refractivity contribution in [1.82, 2.24) is 14.9 Å². The van der Waals surface area contributed by atoms with Crippen LogP contribution in [0.5, 0.6) is 0 Å². The topological polar surface area (TPSA) is 67.2 Å². The Hall–Kier alpha value is -2.18. The lowest BCUT2D eigenvalue weighted by atomic mass is 10.2. The first-order valence-corrected chi connectivity index (χ1v) is 7.44. The summed E-state index contributed by atoms with van der Waals surface area (Å²) < 4.78 is 2.90. The predicted molar refractivity (Wildman–Crippen MR) is 83.0 cm³/mol. The molecule has 2 heterocycles. The van der Waals surface area contributed by atoms with E-state index < -0.39 is 0 Å². The largest absolute Gasteiger partial charge is 0.394 e. The minimum absolute atomic E-state index is 0.0771. The fourth-order valence-corrected chi connectivity index (χ4v) is 2.95. The van der Waals surface area contributed by atoms with Gasteiger partial charge in [-0.1, -0.05) is 11.3 Å². The first kappa shape index (κ1) is 13.8. The number of fused-ring (bicyclic) bond motifs is 1. The summed E-state index contributed by atoms with van der Waals surface area (Å²) in [7, 11) is 0. The fraction of sp³-hybridized carbons (Fsp3) is 0.200. The van der Waals surface area contributed by atoms with Crippen LogP contribution in [-0.2, 0) is 0 Å². The van der Waals surface area contributed by atoms with E-state index in [2.05, 4.69) is 10.3 Å². The Labute approximate surface area is 125 Å². The first-order chi connectivity index (χ1) is 10.2. The SMILES string of the molecule is CC(CO)NC(=O)c1ccc2nc(-n3cccc3)sc2c1. The highest BCUT2D eigenvalue weighted by Gasteiger charge is 2.12. The molecule has 3 rings (SSSR count). The van der Waals surface area contributed by atoms with Gasteiger partial charge in [0.05, 0.1) is 16.8 Å². The van der Waals surface area contributed by atoms with Crippen LogP contribution in [0.3, 0.4) is 0 Å². The van der Waals surface area contributed by atoms with Gasteiger partial charge in [0, 0.05) is 24.0 Å². The van der Waals surface area contributed by atoms with Crippen LogP contribution < -0.4 is 5.32 Å². The van der Waals surface area contributed by atoms with E-state index >= 15 is 0 Å². The smallest absolute Gasteiger partial charge is 0.251 e. The number of nitrogens with zero attached hydrogens (tertiary/aromatic N) is 2. The third-order valence-corrected chi connectivity index (χ3v) is 4.15. The van der Waals surface area contributed by atoms with E-state index in [9.17, 15) is 4.79 Å². The number of aliphatic hydroxyl groups excluding tert-OH is 1. The number of nitrogens with one attached hydrogen (secondary N) is 1. The van der Waals surface area contributed by atoms with Crippen LogP contribution in [-0.4, -0.2) is 33.2 Å². The Bertz CT molecular complexity index is 764. The summed E-state index contributed by atoms with van der Waals surface area (Å²) in [5.41, 5.74) is 1.45. The maximum absolute atomic E-state index is 12.0. The molecule has 1 amide bonds. The molecule has 108 valence electrons. The molecule has 0 aliphatic carbocycles. The molecule has 21 heavy (non-hydrogen) atoms. The average Bonchev–Trinajstić information content (AvgIpc) is 3.14. The van der Waals surface area contributed by atoms with Crippen LogP contribution >= 0.6 is 11.3 Å². The highest BCUT2D eigenvalue weighted by atomic mass is 32.1. The summed E-state index contributed by atoms with van der Waals surface area (Å²) in [6.45, 7) is 1.68. The zero-order chi connectivity index (χ0) is 14.8. The molecule has 0 aliphatic heterocycles. The van der Waals surface area contributed by atoms with Gasteiger partial charge < -0.3 is 15.0 Å². The minimum Gasteiger partial charge on any atom is -0.394 e. The summed E-state index contributed by atoms with van der Waals surface area (Å²) in [4.78, 5) is 16.6. The van der Waals surface area contributed by atoms with Crippen LogP contribution in [0.25, 0.3) is 15.3 Å². The van der Waals surface area contributed by atoms with Crippen molar-refractivity contribution in [3.63, 3.8) is 0 Å². The first-order valence-electron chi connectivity index (χ1n) is 6.63. The molecule has 6 heteroatoms. The molecule has 2 aromatic heterocycles. The van der Waals surface area contributed by atoms with E-state index in [1.807, 2.05) is 41.2 Å². The molecule has 0 fully saturated rings. The lowest BCUT2D eigenvalue weighted by Gasteiger charge is -2.10. The lowest BCUT2D eigenvalue weighted by molar-refractivity contribution is 0.0922. The number of carbonyl (C=O) groups is 1. The molecule has 0 spiro atoms. The zero-order valence-electron chi connectivity index (χ0n) is 11.5. The van der Waals surface area contributed by atoms with Crippen molar-refractivity contribution in [2.75, 3.05) is 6.61 Å². The average molecular weight is 301 g/mol. The monoisotopic (exact) mass is 301 g/mol. The molecule has 1 aromatic carbocycles. The quantitative estimate of drug-likeness (QED) is 0.776. The van der Waals surface area contributed by atoms with Gasteiger partial charge in [-0.3, -0.25) is 4.79 Å². The minimum atomic E-state index is -0.259. The van der Waals surface area contributed by atoms with Crippen LogP contribution in [0.1, 0.15) is 17.3 Å². The molecule has 3 aromatic rings. The van der Waals surface area contributed by atoms with Gasteiger partial charge in [0.25, 0.3) is 5.91 Å². The number of rotatable bonds is 4. The van der Waals surface area contributed by atoms with Crippen LogP contribution in [0, 0.1) is 0 Å². The van der Waals surface area contributed by atoms with Gasteiger partial charge in [-0.25, -0.2) is 4.98 Å². The summed E-state index contributed by atoms with van der Waals surface area (Å²) in [5, 5.41) is 12.6. The van der Waals surface area contributed by atoms with E-state index in [0.29, 0.717) is 5.56 Å². The number of thiazole rings is 1. The second-order valence-electron chi connectivity index (χ2n) is 4.83. The number of hydrogen-bond acceptors (Lipinski definition) is 4. The number of carbonyl (C=O) groups excluding carboxylic acids is 1. The molecule has 0 saturated heterocycles. The molecule has 5 nitrogen and oxygen atoms in total. The Morgan fingerprint density at radius 1 is 1.43 bits per heavy atom. The Kier molecular flexibility index (Phi) is 3.72. The molecule has 1 unspecified atom stereocenters. The van der Waals surface area contributed by atoms with Gasteiger partial charge in [0.1, 0.15) is 0 Å². The fourth-order valence-electron chi connectivity index (χ4n) is 1.98. The number of aromatic nitrogens is 2. The van der Waals surface area contributed by atoms with Gasteiger partial charge in [-0.2, -0.15) is 0 Å². The van der Waals surface area contributed by atoms with E-state index in [0.717, 1.165) is 15.3 Å². The molecule has 0 bridgehead atoms. The third-order valence-electron chi connectivity index (χ3n) is 3.12. The summed E-state index contributed by atoms with van der Waals surface area (Å²) in [6.07, 6.45) is 3.88. The summed E-state index contributed by atoms with van der Waals surface area (Å²) in [6, 6.07) is 9.06. The van der Waals surface area contributed by atoms with Gasteiger partial charge in [0.2, 0.25) is 0 Å². The summed E-state index contributed by atoms with van der Waals surface area (Å²) >= 11 is 1.53. The van der Waals surface area contributed by atoms with Crippen molar-refractivity contribution in [1.29, 1.82) is 0 Å².